The van der Waals surface area contributed by atoms with Gasteiger partial charge in [-0.25, -0.2) is 0 Å². The van der Waals surface area contributed by atoms with Gasteiger partial charge in [-0.1, -0.05) is 23.8 Å². The molecule has 0 atom stereocenters. The zero-order chi connectivity index (χ0) is 16.8. The highest BCUT2D eigenvalue weighted by molar-refractivity contribution is 5.47. The fourth-order valence-corrected chi connectivity index (χ4v) is 2.51. The Hall–Kier alpha value is -2.42. The Morgan fingerprint density at radius 1 is 1.04 bits per heavy atom. The number of aromatic hydroxyl groups is 2. The lowest BCUT2D eigenvalue weighted by molar-refractivity contribution is 0.405. The second-order valence-electron chi connectivity index (χ2n) is 5.94. The molecule has 0 aliphatic carbocycles. The summed E-state index contributed by atoms with van der Waals surface area (Å²) in [6.45, 7) is 4.10. The molecule has 0 radical (unpaired) electrons. The predicted molar refractivity (Wildman–Crippen MR) is 93.3 cm³/mol. The Morgan fingerprint density at radius 2 is 1.74 bits per heavy atom. The Kier molecular flexibility index (Phi) is 5.69. The van der Waals surface area contributed by atoms with Crippen LogP contribution in [-0.2, 0) is 19.3 Å². The number of rotatable bonds is 6. The van der Waals surface area contributed by atoms with E-state index in [1.54, 1.807) is 25.3 Å². The molecule has 2 aromatic carbocycles. The van der Waals surface area contributed by atoms with Gasteiger partial charge in [0.25, 0.3) is 0 Å². The summed E-state index contributed by atoms with van der Waals surface area (Å²) in [6, 6.07) is 10.9. The molecule has 23 heavy (non-hydrogen) atoms. The number of hydrogen-bond acceptors (Lipinski definition) is 3. The van der Waals surface area contributed by atoms with Gasteiger partial charge in [0.15, 0.2) is 0 Å². The van der Waals surface area contributed by atoms with Crippen molar-refractivity contribution in [2.24, 2.45) is 0 Å². The first kappa shape index (κ1) is 16.9. The van der Waals surface area contributed by atoms with E-state index >= 15 is 0 Å². The van der Waals surface area contributed by atoms with E-state index in [0.29, 0.717) is 12.2 Å². The van der Waals surface area contributed by atoms with Crippen LogP contribution in [0.2, 0.25) is 0 Å². The minimum atomic E-state index is 0.275. The van der Waals surface area contributed by atoms with Crippen LogP contribution >= 0.6 is 0 Å². The van der Waals surface area contributed by atoms with Gasteiger partial charge in [-0.2, -0.15) is 0 Å². The summed E-state index contributed by atoms with van der Waals surface area (Å²) in [5, 5.41) is 19.7. The Morgan fingerprint density at radius 3 is 2.35 bits per heavy atom. The second-order valence-corrected chi connectivity index (χ2v) is 5.94. The number of benzene rings is 2. The van der Waals surface area contributed by atoms with E-state index in [2.05, 4.69) is 19.9 Å². The molecule has 0 spiro atoms. The van der Waals surface area contributed by atoms with E-state index in [1.807, 2.05) is 18.2 Å². The molecule has 0 fully saturated rings. The van der Waals surface area contributed by atoms with Crippen LogP contribution in [0.3, 0.4) is 0 Å². The van der Waals surface area contributed by atoms with E-state index in [4.69, 9.17) is 4.74 Å². The van der Waals surface area contributed by atoms with Crippen LogP contribution in [-0.4, -0.2) is 17.3 Å². The molecule has 0 bridgehead atoms. The lowest BCUT2D eigenvalue weighted by Gasteiger charge is -2.13. The van der Waals surface area contributed by atoms with Crippen LogP contribution in [0.5, 0.6) is 17.2 Å². The highest BCUT2D eigenvalue weighted by Gasteiger charge is 2.10. The number of allylic oxidation sites excluding steroid dienone is 2. The van der Waals surface area contributed by atoms with Gasteiger partial charge in [-0.05, 0) is 62.4 Å². The quantitative estimate of drug-likeness (QED) is 0.777. The van der Waals surface area contributed by atoms with E-state index in [-0.39, 0.29) is 11.5 Å². The van der Waals surface area contributed by atoms with Crippen molar-refractivity contribution in [3.63, 3.8) is 0 Å². The first-order valence-corrected chi connectivity index (χ1v) is 7.79. The normalized spacial score (nSPS) is 10.4. The third kappa shape index (κ3) is 4.78. The topological polar surface area (TPSA) is 49.7 Å². The van der Waals surface area contributed by atoms with Crippen molar-refractivity contribution in [2.75, 3.05) is 7.11 Å². The van der Waals surface area contributed by atoms with Gasteiger partial charge in [0.2, 0.25) is 0 Å². The molecule has 0 amide bonds. The van der Waals surface area contributed by atoms with Gasteiger partial charge in [-0.15, -0.1) is 0 Å². The molecule has 2 N–H and O–H groups in total. The minimum Gasteiger partial charge on any atom is -0.508 e. The molecule has 0 saturated carbocycles. The third-order valence-corrected chi connectivity index (χ3v) is 3.86. The molecule has 0 aliphatic heterocycles. The lowest BCUT2D eigenvalue weighted by atomic mass is 9.96. The molecular weight excluding hydrogens is 288 g/mol. The number of methoxy groups -OCH3 is 1. The Labute approximate surface area is 137 Å². The largest absolute Gasteiger partial charge is 0.508 e. The summed E-state index contributed by atoms with van der Waals surface area (Å²) >= 11 is 0. The summed E-state index contributed by atoms with van der Waals surface area (Å²) in [5.74, 6) is 1.23. The predicted octanol–water partition coefficient (Wildman–Crippen LogP) is 4.40. The lowest BCUT2D eigenvalue weighted by Crippen LogP contribution is -1.99. The molecule has 0 aromatic heterocycles. The van der Waals surface area contributed by atoms with Gasteiger partial charge in [0, 0.05) is 11.6 Å². The average Bonchev–Trinajstić information content (AvgIpc) is 2.52. The van der Waals surface area contributed by atoms with Crippen molar-refractivity contribution in [1.82, 2.24) is 0 Å². The van der Waals surface area contributed by atoms with Crippen LogP contribution in [0, 0.1) is 0 Å². The third-order valence-electron chi connectivity index (χ3n) is 3.86. The summed E-state index contributed by atoms with van der Waals surface area (Å²) in [4.78, 5) is 0. The summed E-state index contributed by atoms with van der Waals surface area (Å²) < 4.78 is 5.28. The van der Waals surface area contributed by atoms with Gasteiger partial charge in [0.05, 0.1) is 7.11 Å². The number of hydrogen-bond donors (Lipinski definition) is 2. The fraction of sp³-hybridized carbons (Fsp3) is 0.300. The molecule has 0 aliphatic rings. The second kappa shape index (κ2) is 7.73. The van der Waals surface area contributed by atoms with E-state index in [1.165, 1.54) is 5.57 Å². The molecule has 2 rings (SSSR count). The van der Waals surface area contributed by atoms with E-state index < -0.39 is 0 Å². The van der Waals surface area contributed by atoms with Crippen molar-refractivity contribution in [1.29, 1.82) is 0 Å². The number of aryl methyl sites for hydroxylation is 2. The van der Waals surface area contributed by atoms with Crippen LogP contribution in [0.15, 0.2) is 48.0 Å². The smallest absolute Gasteiger partial charge is 0.123 e. The Bertz CT molecular complexity index is 681. The zero-order valence-electron chi connectivity index (χ0n) is 14.0. The minimum absolute atomic E-state index is 0.275. The summed E-state index contributed by atoms with van der Waals surface area (Å²) in [6.07, 6.45) is 4.48. The first-order valence-electron chi connectivity index (χ1n) is 7.79. The van der Waals surface area contributed by atoms with Crippen molar-refractivity contribution in [3.05, 3.63) is 64.7 Å². The standard InChI is InChI=1S/C20H24O3/c1-14(2)4-11-19-16(12-18(23-3)13-20(19)22)8-5-15-6-9-17(21)10-7-15/h4,6-7,9-10,12-13,21-22H,5,8,11H2,1-3H3. The molecule has 3 heteroatoms. The van der Waals surface area contributed by atoms with E-state index in [0.717, 1.165) is 29.5 Å². The number of phenolic OH excluding ortho intramolecular Hbond substituents is 2. The zero-order valence-corrected chi connectivity index (χ0v) is 14.0. The maximum Gasteiger partial charge on any atom is 0.123 e. The van der Waals surface area contributed by atoms with Gasteiger partial charge in [-0.3, -0.25) is 0 Å². The molecule has 0 heterocycles. The van der Waals surface area contributed by atoms with Gasteiger partial charge in [0.1, 0.15) is 17.2 Å². The average molecular weight is 312 g/mol. The summed E-state index contributed by atoms with van der Waals surface area (Å²) in [7, 11) is 1.61. The van der Waals surface area contributed by atoms with Crippen LogP contribution in [0.4, 0.5) is 0 Å². The highest BCUT2D eigenvalue weighted by atomic mass is 16.5. The molecule has 122 valence electrons. The number of phenols is 2. The van der Waals surface area contributed by atoms with Crippen molar-refractivity contribution < 1.29 is 14.9 Å². The molecule has 2 aromatic rings. The Balaban J connectivity index is 2.24. The van der Waals surface area contributed by atoms with Gasteiger partial charge >= 0.3 is 0 Å². The first-order chi connectivity index (χ1) is 11.0. The van der Waals surface area contributed by atoms with Crippen LogP contribution in [0.1, 0.15) is 30.5 Å². The van der Waals surface area contributed by atoms with Gasteiger partial charge < -0.3 is 14.9 Å². The molecule has 0 unspecified atom stereocenters. The maximum atomic E-state index is 10.3. The molecule has 3 nitrogen and oxygen atoms in total. The fourth-order valence-electron chi connectivity index (χ4n) is 2.51. The molecule has 0 saturated heterocycles. The molecular formula is C20H24O3. The monoisotopic (exact) mass is 312 g/mol. The van der Waals surface area contributed by atoms with Crippen molar-refractivity contribution >= 4 is 0 Å². The van der Waals surface area contributed by atoms with E-state index in [9.17, 15) is 10.2 Å². The van der Waals surface area contributed by atoms with Crippen LogP contribution in [0.25, 0.3) is 0 Å². The maximum absolute atomic E-state index is 10.3. The number of ether oxygens (including phenoxy) is 1. The van der Waals surface area contributed by atoms with Crippen LogP contribution < -0.4 is 4.74 Å². The van der Waals surface area contributed by atoms with Crippen molar-refractivity contribution in [2.45, 2.75) is 33.1 Å². The highest BCUT2D eigenvalue weighted by Crippen LogP contribution is 2.30. The summed E-state index contributed by atoms with van der Waals surface area (Å²) in [5.41, 5.74) is 4.42. The van der Waals surface area contributed by atoms with Crippen molar-refractivity contribution in [3.8, 4) is 17.2 Å². The SMILES string of the molecule is COc1cc(O)c(CC=C(C)C)c(CCc2ccc(O)cc2)c1.